The SMILES string of the molecule is COC(=O)c1ccc(/C=C\c2cc(OC)cc(OC)c2)cc1. The fourth-order valence-electron chi connectivity index (χ4n) is 1.97. The molecule has 0 aromatic heterocycles. The van der Waals surface area contributed by atoms with Crippen molar-refractivity contribution in [3.8, 4) is 11.5 Å². The maximum atomic E-state index is 11.4. The summed E-state index contributed by atoms with van der Waals surface area (Å²) in [5, 5.41) is 0. The first-order chi connectivity index (χ1) is 10.7. The van der Waals surface area contributed by atoms with Gasteiger partial charge in [0.1, 0.15) is 11.5 Å². The van der Waals surface area contributed by atoms with E-state index < -0.39 is 0 Å². The molecule has 0 unspecified atom stereocenters. The van der Waals surface area contributed by atoms with Crippen LogP contribution in [0.2, 0.25) is 0 Å². The number of hydrogen-bond acceptors (Lipinski definition) is 4. The van der Waals surface area contributed by atoms with Crippen LogP contribution in [0.15, 0.2) is 42.5 Å². The molecule has 2 aromatic rings. The highest BCUT2D eigenvalue weighted by Crippen LogP contribution is 2.23. The van der Waals surface area contributed by atoms with Crippen molar-refractivity contribution in [1.82, 2.24) is 0 Å². The molecule has 0 spiro atoms. The zero-order chi connectivity index (χ0) is 15.9. The Balaban J connectivity index is 2.19. The molecule has 0 bridgehead atoms. The van der Waals surface area contributed by atoms with E-state index in [4.69, 9.17) is 9.47 Å². The summed E-state index contributed by atoms with van der Waals surface area (Å²) in [7, 11) is 4.61. The smallest absolute Gasteiger partial charge is 0.337 e. The molecule has 114 valence electrons. The maximum Gasteiger partial charge on any atom is 0.337 e. The Morgan fingerprint density at radius 1 is 0.818 bits per heavy atom. The van der Waals surface area contributed by atoms with Crippen LogP contribution in [0.1, 0.15) is 21.5 Å². The molecule has 4 heteroatoms. The van der Waals surface area contributed by atoms with Crippen LogP contribution in [0.25, 0.3) is 12.2 Å². The van der Waals surface area contributed by atoms with Crippen LogP contribution in [0, 0.1) is 0 Å². The van der Waals surface area contributed by atoms with Gasteiger partial charge in [-0.1, -0.05) is 24.3 Å². The van der Waals surface area contributed by atoms with Crippen molar-refractivity contribution in [1.29, 1.82) is 0 Å². The Labute approximate surface area is 129 Å². The molecule has 0 N–H and O–H groups in total. The van der Waals surface area contributed by atoms with Crippen LogP contribution >= 0.6 is 0 Å². The van der Waals surface area contributed by atoms with E-state index in [9.17, 15) is 4.79 Å². The highest BCUT2D eigenvalue weighted by molar-refractivity contribution is 5.89. The van der Waals surface area contributed by atoms with Crippen LogP contribution in [0.3, 0.4) is 0 Å². The Kier molecular flexibility index (Phi) is 5.20. The lowest BCUT2D eigenvalue weighted by atomic mass is 10.1. The van der Waals surface area contributed by atoms with Crippen molar-refractivity contribution in [3.05, 3.63) is 59.2 Å². The minimum Gasteiger partial charge on any atom is -0.497 e. The number of esters is 1. The lowest BCUT2D eigenvalue weighted by Crippen LogP contribution is -2.00. The predicted octanol–water partition coefficient (Wildman–Crippen LogP) is 3.66. The number of carbonyl (C=O) groups is 1. The number of rotatable bonds is 5. The van der Waals surface area contributed by atoms with Crippen molar-refractivity contribution in [3.63, 3.8) is 0 Å². The monoisotopic (exact) mass is 298 g/mol. The zero-order valence-corrected chi connectivity index (χ0v) is 12.8. The molecular formula is C18H18O4. The highest BCUT2D eigenvalue weighted by atomic mass is 16.5. The van der Waals surface area contributed by atoms with Gasteiger partial charge >= 0.3 is 5.97 Å². The molecule has 2 rings (SSSR count). The largest absolute Gasteiger partial charge is 0.497 e. The third-order valence-electron chi connectivity index (χ3n) is 3.17. The molecular weight excluding hydrogens is 280 g/mol. The molecule has 0 radical (unpaired) electrons. The molecule has 0 aliphatic heterocycles. The summed E-state index contributed by atoms with van der Waals surface area (Å²) in [5.41, 5.74) is 2.48. The van der Waals surface area contributed by atoms with Gasteiger partial charge in [0.15, 0.2) is 0 Å². The van der Waals surface area contributed by atoms with E-state index in [0.29, 0.717) is 5.56 Å². The van der Waals surface area contributed by atoms with E-state index in [0.717, 1.165) is 22.6 Å². The van der Waals surface area contributed by atoms with E-state index in [2.05, 4.69) is 4.74 Å². The Morgan fingerprint density at radius 2 is 1.36 bits per heavy atom. The van der Waals surface area contributed by atoms with Gasteiger partial charge in [0.25, 0.3) is 0 Å². The molecule has 4 nitrogen and oxygen atoms in total. The zero-order valence-electron chi connectivity index (χ0n) is 12.8. The van der Waals surface area contributed by atoms with E-state index in [1.165, 1.54) is 7.11 Å². The Hall–Kier alpha value is -2.75. The summed E-state index contributed by atoms with van der Waals surface area (Å²) in [6.07, 6.45) is 3.91. The third-order valence-corrected chi connectivity index (χ3v) is 3.17. The summed E-state index contributed by atoms with van der Waals surface area (Å²) in [6, 6.07) is 12.8. The molecule has 0 heterocycles. The van der Waals surface area contributed by atoms with Crippen LogP contribution in [0.4, 0.5) is 0 Å². The summed E-state index contributed by atoms with van der Waals surface area (Å²) in [5.74, 6) is 1.13. The molecule has 2 aromatic carbocycles. The molecule has 0 atom stereocenters. The summed E-state index contributed by atoms with van der Waals surface area (Å²) in [4.78, 5) is 11.4. The summed E-state index contributed by atoms with van der Waals surface area (Å²) < 4.78 is 15.1. The van der Waals surface area contributed by atoms with Gasteiger partial charge < -0.3 is 14.2 Å². The Bertz CT molecular complexity index is 650. The van der Waals surface area contributed by atoms with Gasteiger partial charge in [-0.05, 0) is 35.4 Å². The molecule has 0 saturated carbocycles. The van der Waals surface area contributed by atoms with Gasteiger partial charge in [-0.2, -0.15) is 0 Å². The molecule has 22 heavy (non-hydrogen) atoms. The predicted molar refractivity (Wildman–Crippen MR) is 86.3 cm³/mol. The van der Waals surface area contributed by atoms with E-state index in [-0.39, 0.29) is 5.97 Å². The van der Waals surface area contributed by atoms with Crippen molar-refractivity contribution in [2.45, 2.75) is 0 Å². The van der Waals surface area contributed by atoms with Crippen LogP contribution in [-0.4, -0.2) is 27.3 Å². The van der Waals surface area contributed by atoms with Crippen molar-refractivity contribution in [2.24, 2.45) is 0 Å². The second-order valence-electron chi connectivity index (χ2n) is 4.59. The topological polar surface area (TPSA) is 44.8 Å². The van der Waals surface area contributed by atoms with Crippen LogP contribution < -0.4 is 9.47 Å². The van der Waals surface area contributed by atoms with Gasteiger partial charge in [-0.3, -0.25) is 0 Å². The van der Waals surface area contributed by atoms with Crippen molar-refractivity contribution < 1.29 is 19.0 Å². The van der Waals surface area contributed by atoms with Crippen molar-refractivity contribution >= 4 is 18.1 Å². The van der Waals surface area contributed by atoms with Gasteiger partial charge in [0.2, 0.25) is 0 Å². The maximum absolute atomic E-state index is 11.4. The first kappa shape index (κ1) is 15.6. The van der Waals surface area contributed by atoms with Gasteiger partial charge in [-0.25, -0.2) is 4.79 Å². The Morgan fingerprint density at radius 3 is 1.86 bits per heavy atom. The van der Waals surface area contributed by atoms with E-state index in [1.807, 2.05) is 42.5 Å². The van der Waals surface area contributed by atoms with Crippen LogP contribution in [0.5, 0.6) is 11.5 Å². The van der Waals surface area contributed by atoms with E-state index in [1.54, 1.807) is 26.4 Å². The van der Waals surface area contributed by atoms with Gasteiger partial charge in [-0.15, -0.1) is 0 Å². The molecule has 0 amide bonds. The number of benzene rings is 2. The fourth-order valence-corrected chi connectivity index (χ4v) is 1.97. The fraction of sp³-hybridized carbons (Fsp3) is 0.167. The molecule has 0 saturated heterocycles. The highest BCUT2D eigenvalue weighted by Gasteiger charge is 2.03. The number of carbonyl (C=O) groups excluding carboxylic acids is 1. The normalized spacial score (nSPS) is 10.5. The lowest BCUT2D eigenvalue weighted by molar-refractivity contribution is 0.0600. The quantitative estimate of drug-likeness (QED) is 0.624. The standard InChI is InChI=1S/C18H18O4/c1-20-16-10-14(11-17(12-16)21-2)5-4-13-6-8-15(9-7-13)18(19)22-3/h4-12H,1-3H3/b5-4-. The van der Waals surface area contributed by atoms with E-state index >= 15 is 0 Å². The van der Waals surface area contributed by atoms with Crippen LogP contribution in [-0.2, 0) is 4.74 Å². The number of ether oxygens (including phenoxy) is 3. The summed E-state index contributed by atoms with van der Waals surface area (Å²) in [6.45, 7) is 0. The van der Waals surface area contributed by atoms with Gasteiger partial charge in [0, 0.05) is 6.07 Å². The second kappa shape index (κ2) is 7.31. The molecule has 0 aliphatic carbocycles. The molecule has 0 fully saturated rings. The third kappa shape index (κ3) is 3.88. The number of methoxy groups -OCH3 is 3. The lowest BCUT2D eigenvalue weighted by Gasteiger charge is -2.05. The van der Waals surface area contributed by atoms with Gasteiger partial charge in [0.05, 0.1) is 26.9 Å². The average molecular weight is 298 g/mol. The van der Waals surface area contributed by atoms with Crippen molar-refractivity contribution in [2.75, 3.05) is 21.3 Å². The average Bonchev–Trinajstić information content (AvgIpc) is 2.59. The second-order valence-corrected chi connectivity index (χ2v) is 4.59. The molecule has 0 aliphatic rings. The first-order valence-corrected chi connectivity index (χ1v) is 6.76. The number of hydrogen-bond donors (Lipinski definition) is 0. The minimum absolute atomic E-state index is 0.340. The minimum atomic E-state index is -0.340. The first-order valence-electron chi connectivity index (χ1n) is 6.76. The summed E-state index contributed by atoms with van der Waals surface area (Å²) >= 11 is 0.